The summed E-state index contributed by atoms with van der Waals surface area (Å²) in [6, 6.07) is 0. The quantitative estimate of drug-likeness (QED) is 0.0262. The Labute approximate surface area is 411 Å². The number of carbonyl (C=O) groups excluding carboxylic acids is 3. The lowest BCUT2D eigenvalue weighted by atomic mass is 10.0. The summed E-state index contributed by atoms with van der Waals surface area (Å²) in [5, 5.41) is 0. The van der Waals surface area contributed by atoms with Crippen molar-refractivity contribution < 1.29 is 28.6 Å². The van der Waals surface area contributed by atoms with Crippen molar-refractivity contribution in [3.05, 3.63) is 24.3 Å². The topological polar surface area (TPSA) is 78.9 Å². The summed E-state index contributed by atoms with van der Waals surface area (Å²) in [6.45, 7) is 6.66. The molecule has 0 saturated carbocycles. The SMILES string of the molecule is CCCCCC/C=C\CCCCCCCC(=O)OC[C@H](COC(=O)CCCCCCCCCCCCCCCCCCCC)OC(=O)CCCCCCCCC/C=C\CCCCCCCC. The fourth-order valence-corrected chi connectivity index (χ4v) is 8.73. The third-order valence-corrected chi connectivity index (χ3v) is 13.2. The van der Waals surface area contributed by atoms with E-state index in [0.717, 1.165) is 64.2 Å². The van der Waals surface area contributed by atoms with Crippen molar-refractivity contribution in [2.45, 2.75) is 329 Å². The van der Waals surface area contributed by atoms with E-state index in [1.165, 1.54) is 218 Å². The number of hydrogen-bond donors (Lipinski definition) is 0. The molecule has 388 valence electrons. The molecule has 6 nitrogen and oxygen atoms in total. The van der Waals surface area contributed by atoms with Gasteiger partial charge in [0, 0.05) is 19.3 Å². The molecule has 0 unspecified atom stereocenters. The highest BCUT2D eigenvalue weighted by Gasteiger charge is 2.19. The van der Waals surface area contributed by atoms with Crippen LogP contribution >= 0.6 is 0 Å². The fourth-order valence-electron chi connectivity index (χ4n) is 8.73. The van der Waals surface area contributed by atoms with E-state index in [0.29, 0.717) is 19.3 Å². The van der Waals surface area contributed by atoms with Crippen LogP contribution in [-0.2, 0) is 28.6 Å². The first kappa shape index (κ1) is 63.9. The van der Waals surface area contributed by atoms with Gasteiger partial charge in [0.2, 0.25) is 0 Å². The molecule has 0 aromatic carbocycles. The number of carbonyl (C=O) groups is 3. The van der Waals surface area contributed by atoms with Crippen molar-refractivity contribution in [2.75, 3.05) is 13.2 Å². The van der Waals surface area contributed by atoms with Crippen LogP contribution in [0.25, 0.3) is 0 Å². The third-order valence-electron chi connectivity index (χ3n) is 13.2. The van der Waals surface area contributed by atoms with Gasteiger partial charge < -0.3 is 14.2 Å². The lowest BCUT2D eigenvalue weighted by molar-refractivity contribution is -0.167. The summed E-state index contributed by atoms with van der Waals surface area (Å²) in [5.41, 5.74) is 0. The smallest absolute Gasteiger partial charge is 0.306 e. The standard InChI is InChI=1S/C60H112O6/c1-4-7-10-13-16-19-22-25-27-29-31-32-35-38-41-44-47-50-53-59(62)65-56-57(55-64-58(61)52-49-46-43-40-37-34-24-21-18-15-12-9-6-3)66-60(63)54-51-48-45-42-39-36-33-30-28-26-23-20-17-14-11-8-5-2/h21,24,26,28,57H,4-20,22-23,25,27,29-56H2,1-3H3/b24-21-,28-26-/t57-/m1/s1. The minimum absolute atomic E-state index is 0.0711. The first-order valence-electron chi connectivity index (χ1n) is 29.3. The molecule has 0 amide bonds. The van der Waals surface area contributed by atoms with E-state index >= 15 is 0 Å². The second-order valence-corrected chi connectivity index (χ2v) is 19.9. The molecule has 0 aliphatic heterocycles. The molecular weight excluding hydrogens is 817 g/mol. The van der Waals surface area contributed by atoms with Gasteiger partial charge in [-0.15, -0.1) is 0 Å². The lowest BCUT2D eigenvalue weighted by Gasteiger charge is -2.18. The number of rotatable bonds is 54. The first-order valence-corrected chi connectivity index (χ1v) is 29.3. The number of unbranched alkanes of at least 4 members (excludes halogenated alkanes) is 39. The van der Waals surface area contributed by atoms with Crippen molar-refractivity contribution >= 4 is 17.9 Å². The van der Waals surface area contributed by atoms with E-state index in [2.05, 4.69) is 45.1 Å². The zero-order valence-electron chi connectivity index (χ0n) is 44.5. The van der Waals surface area contributed by atoms with Gasteiger partial charge in [-0.25, -0.2) is 0 Å². The average Bonchev–Trinajstić information content (AvgIpc) is 3.31. The van der Waals surface area contributed by atoms with Crippen molar-refractivity contribution in [1.29, 1.82) is 0 Å². The summed E-state index contributed by atoms with van der Waals surface area (Å²) in [5.74, 6) is -0.864. The summed E-state index contributed by atoms with van der Waals surface area (Å²) < 4.78 is 16.9. The maximum absolute atomic E-state index is 12.9. The number of ether oxygens (including phenoxy) is 3. The first-order chi connectivity index (χ1) is 32.5. The Balaban J connectivity index is 4.32. The van der Waals surface area contributed by atoms with Crippen LogP contribution in [0.4, 0.5) is 0 Å². The molecule has 0 bridgehead atoms. The Morgan fingerprint density at radius 2 is 0.500 bits per heavy atom. The lowest BCUT2D eigenvalue weighted by Crippen LogP contribution is -2.30. The summed E-state index contributed by atoms with van der Waals surface area (Å²) in [4.78, 5) is 38.1. The Hall–Kier alpha value is -2.11. The van der Waals surface area contributed by atoms with Gasteiger partial charge in [0.15, 0.2) is 6.10 Å². The minimum atomic E-state index is -0.773. The van der Waals surface area contributed by atoms with Gasteiger partial charge in [0.1, 0.15) is 13.2 Å². The van der Waals surface area contributed by atoms with Crippen molar-refractivity contribution in [2.24, 2.45) is 0 Å². The average molecular weight is 930 g/mol. The van der Waals surface area contributed by atoms with Gasteiger partial charge in [-0.1, -0.05) is 257 Å². The van der Waals surface area contributed by atoms with E-state index < -0.39 is 6.10 Å². The van der Waals surface area contributed by atoms with Crippen LogP contribution in [0.1, 0.15) is 323 Å². The predicted molar refractivity (Wildman–Crippen MR) is 284 cm³/mol. The monoisotopic (exact) mass is 929 g/mol. The summed E-state index contributed by atoms with van der Waals surface area (Å²) >= 11 is 0. The van der Waals surface area contributed by atoms with Crippen molar-refractivity contribution in [3.63, 3.8) is 0 Å². The van der Waals surface area contributed by atoms with Gasteiger partial charge in [0.25, 0.3) is 0 Å². The van der Waals surface area contributed by atoms with Crippen LogP contribution in [0.5, 0.6) is 0 Å². The zero-order chi connectivity index (χ0) is 47.9. The second kappa shape index (κ2) is 55.5. The Morgan fingerprint density at radius 3 is 0.773 bits per heavy atom. The molecule has 0 heterocycles. The maximum atomic E-state index is 12.9. The molecule has 0 fully saturated rings. The van der Waals surface area contributed by atoms with Crippen LogP contribution in [0.15, 0.2) is 24.3 Å². The van der Waals surface area contributed by atoms with Gasteiger partial charge in [-0.3, -0.25) is 14.4 Å². The van der Waals surface area contributed by atoms with Gasteiger partial charge >= 0.3 is 17.9 Å². The van der Waals surface area contributed by atoms with Crippen LogP contribution < -0.4 is 0 Å². The Morgan fingerprint density at radius 1 is 0.288 bits per heavy atom. The van der Waals surface area contributed by atoms with Gasteiger partial charge in [-0.05, 0) is 70.6 Å². The predicted octanol–water partition coefficient (Wildman–Crippen LogP) is 19.5. The number of esters is 3. The Bertz CT molecular complexity index is 1070. The molecule has 0 saturated heterocycles. The van der Waals surface area contributed by atoms with Crippen molar-refractivity contribution in [1.82, 2.24) is 0 Å². The molecule has 66 heavy (non-hydrogen) atoms. The molecule has 0 aliphatic carbocycles. The normalized spacial score (nSPS) is 12.1. The van der Waals surface area contributed by atoms with Crippen molar-refractivity contribution in [3.8, 4) is 0 Å². The molecular formula is C60H112O6. The molecule has 0 radical (unpaired) electrons. The van der Waals surface area contributed by atoms with E-state index in [-0.39, 0.29) is 31.1 Å². The number of hydrogen-bond acceptors (Lipinski definition) is 6. The molecule has 0 rings (SSSR count). The minimum Gasteiger partial charge on any atom is -0.462 e. The largest absolute Gasteiger partial charge is 0.462 e. The highest BCUT2D eigenvalue weighted by molar-refractivity contribution is 5.71. The molecule has 6 heteroatoms. The molecule has 0 aromatic heterocycles. The van der Waals surface area contributed by atoms with Crippen LogP contribution in [0.3, 0.4) is 0 Å². The maximum Gasteiger partial charge on any atom is 0.306 e. The van der Waals surface area contributed by atoms with E-state index in [4.69, 9.17) is 14.2 Å². The van der Waals surface area contributed by atoms with Crippen LogP contribution in [0.2, 0.25) is 0 Å². The number of allylic oxidation sites excluding steroid dienone is 4. The Kier molecular flexibility index (Phi) is 53.7. The van der Waals surface area contributed by atoms with E-state index in [1.807, 2.05) is 0 Å². The van der Waals surface area contributed by atoms with E-state index in [9.17, 15) is 14.4 Å². The van der Waals surface area contributed by atoms with Crippen LogP contribution in [-0.4, -0.2) is 37.2 Å². The molecule has 0 aromatic rings. The third kappa shape index (κ3) is 52.9. The fraction of sp³-hybridized carbons (Fsp3) is 0.883. The molecule has 0 spiro atoms. The molecule has 1 atom stereocenters. The van der Waals surface area contributed by atoms with Crippen LogP contribution in [0, 0.1) is 0 Å². The van der Waals surface area contributed by atoms with E-state index in [1.54, 1.807) is 0 Å². The highest BCUT2D eigenvalue weighted by Crippen LogP contribution is 2.17. The molecule has 0 N–H and O–H groups in total. The van der Waals surface area contributed by atoms with Gasteiger partial charge in [-0.2, -0.15) is 0 Å². The summed E-state index contributed by atoms with van der Waals surface area (Å²) in [7, 11) is 0. The highest BCUT2D eigenvalue weighted by atomic mass is 16.6. The molecule has 0 aliphatic rings. The summed E-state index contributed by atoms with van der Waals surface area (Å²) in [6.07, 6.45) is 64.5. The zero-order valence-corrected chi connectivity index (χ0v) is 44.5. The second-order valence-electron chi connectivity index (χ2n) is 19.9. The van der Waals surface area contributed by atoms with Gasteiger partial charge in [0.05, 0.1) is 0 Å².